The number of hydrogen-bond donors (Lipinski definition) is 1. The number of esters is 1. The van der Waals surface area contributed by atoms with Crippen LogP contribution in [-0.4, -0.2) is 44.3 Å². The molecule has 0 atom stereocenters. The Bertz CT molecular complexity index is 745. The smallest absolute Gasteiger partial charge is 0.306 e. The largest absolute Gasteiger partial charge is 0.456 e. The molecule has 1 aliphatic rings. The van der Waals surface area contributed by atoms with E-state index in [0.29, 0.717) is 19.5 Å². The number of ether oxygens (including phenoxy) is 1. The third-order valence-corrected chi connectivity index (χ3v) is 5.96. The van der Waals surface area contributed by atoms with Gasteiger partial charge in [-0.3, -0.25) is 9.59 Å². The molecule has 0 radical (unpaired) electrons. The quantitative estimate of drug-likeness (QED) is 0.724. The van der Waals surface area contributed by atoms with Crippen LogP contribution in [0.1, 0.15) is 32.6 Å². The average molecular weight is 389 g/mol. The van der Waals surface area contributed by atoms with Gasteiger partial charge < -0.3 is 10.1 Å². The maximum absolute atomic E-state index is 12.6. The van der Waals surface area contributed by atoms with Crippen molar-refractivity contribution in [2.45, 2.75) is 37.5 Å². The molecule has 138 valence electrons. The van der Waals surface area contributed by atoms with Gasteiger partial charge in [-0.2, -0.15) is 4.31 Å². The molecule has 0 aliphatic carbocycles. The van der Waals surface area contributed by atoms with Crippen LogP contribution in [0.4, 0.5) is 5.69 Å². The monoisotopic (exact) mass is 388 g/mol. The lowest BCUT2D eigenvalue weighted by Gasteiger charge is -2.16. The van der Waals surface area contributed by atoms with E-state index in [1.54, 1.807) is 0 Å². The van der Waals surface area contributed by atoms with Crippen LogP contribution < -0.4 is 5.32 Å². The molecule has 2 rings (SSSR count). The molecule has 1 aromatic rings. The van der Waals surface area contributed by atoms with Gasteiger partial charge in [-0.15, -0.1) is 0 Å². The van der Waals surface area contributed by atoms with Crippen LogP contribution in [0.15, 0.2) is 23.1 Å². The summed E-state index contributed by atoms with van der Waals surface area (Å²) in [7, 11) is -3.61. The first kappa shape index (κ1) is 19.7. The van der Waals surface area contributed by atoms with Gasteiger partial charge in [0.05, 0.1) is 15.6 Å². The van der Waals surface area contributed by atoms with Crippen LogP contribution in [0.5, 0.6) is 0 Å². The van der Waals surface area contributed by atoms with Gasteiger partial charge in [0.15, 0.2) is 6.61 Å². The molecule has 0 aromatic heterocycles. The molecule has 1 amide bonds. The summed E-state index contributed by atoms with van der Waals surface area (Å²) in [4.78, 5) is 23.2. The molecule has 25 heavy (non-hydrogen) atoms. The second-order valence-electron chi connectivity index (χ2n) is 5.71. The maximum atomic E-state index is 12.6. The minimum absolute atomic E-state index is 0.0667. The van der Waals surface area contributed by atoms with Crippen molar-refractivity contribution in [2.75, 3.05) is 25.0 Å². The zero-order valence-electron chi connectivity index (χ0n) is 14.0. The van der Waals surface area contributed by atoms with Gasteiger partial charge in [0.2, 0.25) is 10.0 Å². The molecule has 0 spiro atoms. The predicted octanol–water partition coefficient (Wildman–Crippen LogP) is 2.41. The Morgan fingerprint density at radius 1 is 1.28 bits per heavy atom. The highest BCUT2D eigenvalue weighted by Gasteiger charge is 2.27. The molecular formula is C16H21ClN2O5S. The summed E-state index contributed by atoms with van der Waals surface area (Å²) in [5.41, 5.74) is 0.165. The van der Waals surface area contributed by atoms with Crippen molar-refractivity contribution in [3.63, 3.8) is 0 Å². The van der Waals surface area contributed by atoms with E-state index < -0.39 is 28.5 Å². The van der Waals surface area contributed by atoms with Gasteiger partial charge in [-0.25, -0.2) is 8.42 Å². The van der Waals surface area contributed by atoms with Crippen molar-refractivity contribution in [3.05, 3.63) is 23.2 Å². The highest BCUT2D eigenvalue weighted by atomic mass is 35.5. The molecule has 1 aliphatic heterocycles. The van der Waals surface area contributed by atoms with Crippen molar-refractivity contribution in [1.82, 2.24) is 4.31 Å². The van der Waals surface area contributed by atoms with Crippen LogP contribution in [0.25, 0.3) is 0 Å². The summed E-state index contributed by atoms with van der Waals surface area (Å²) in [5.74, 6) is -1.05. The molecule has 7 nitrogen and oxygen atoms in total. The third-order valence-electron chi connectivity index (χ3n) is 3.73. The van der Waals surface area contributed by atoms with Gasteiger partial charge in [0, 0.05) is 19.5 Å². The summed E-state index contributed by atoms with van der Waals surface area (Å²) in [6, 6.07) is 4.15. The molecule has 1 fully saturated rings. The molecule has 9 heteroatoms. The Morgan fingerprint density at radius 2 is 1.96 bits per heavy atom. The Balaban J connectivity index is 2.08. The summed E-state index contributed by atoms with van der Waals surface area (Å²) >= 11 is 6.03. The first-order valence-corrected chi connectivity index (χ1v) is 9.91. The SMILES string of the molecule is CCCC(=O)OCC(=O)Nc1cc(S(=O)(=O)N2CCCC2)ccc1Cl. The average Bonchev–Trinajstić information content (AvgIpc) is 3.10. The molecule has 0 saturated carbocycles. The van der Waals surface area contributed by atoms with Crippen molar-refractivity contribution in [1.29, 1.82) is 0 Å². The maximum Gasteiger partial charge on any atom is 0.306 e. The van der Waals surface area contributed by atoms with Gasteiger partial charge in [0.1, 0.15) is 0 Å². The Kier molecular flexibility index (Phi) is 6.80. The molecule has 1 N–H and O–H groups in total. The van der Waals surface area contributed by atoms with Crippen LogP contribution in [0.3, 0.4) is 0 Å². The number of anilines is 1. The molecule has 0 bridgehead atoms. The fraction of sp³-hybridized carbons (Fsp3) is 0.500. The Hall–Kier alpha value is -1.64. The molecular weight excluding hydrogens is 368 g/mol. The number of carbonyl (C=O) groups is 2. The first-order valence-electron chi connectivity index (χ1n) is 8.09. The number of halogens is 1. The van der Waals surface area contributed by atoms with E-state index in [0.717, 1.165) is 12.8 Å². The summed E-state index contributed by atoms with van der Waals surface area (Å²) in [6.07, 6.45) is 2.53. The van der Waals surface area contributed by atoms with E-state index >= 15 is 0 Å². The zero-order valence-corrected chi connectivity index (χ0v) is 15.5. The number of carbonyl (C=O) groups excluding carboxylic acids is 2. The molecule has 1 saturated heterocycles. The first-order chi connectivity index (χ1) is 11.8. The summed E-state index contributed by atoms with van der Waals surface area (Å²) in [5, 5.41) is 2.68. The highest BCUT2D eigenvalue weighted by molar-refractivity contribution is 7.89. The fourth-order valence-corrected chi connectivity index (χ4v) is 4.16. The van der Waals surface area contributed by atoms with Crippen LogP contribution in [-0.2, 0) is 24.3 Å². The van der Waals surface area contributed by atoms with Crippen LogP contribution in [0, 0.1) is 0 Å². The van der Waals surface area contributed by atoms with E-state index in [9.17, 15) is 18.0 Å². The number of hydrogen-bond acceptors (Lipinski definition) is 5. The fourth-order valence-electron chi connectivity index (χ4n) is 2.45. The second kappa shape index (κ2) is 8.64. The second-order valence-corrected chi connectivity index (χ2v) is 8.06. The van der Waals surface area contributed by atoms with E-state index in [4.69, 9.17) is 16.3 Å². The van der Waals surface area contributed by atoms with E-state index in [-0.39, 0.29) is 22.0 Å². The predicted molar refractivity (Wildman–Crippen MR) is 93.9 cm³/mol. The summed E-state index contributed by atoms with van der Waals surface area (Å²) < 4.78 is 31.4. The molecule has 0 unspecified atom stereocenters. The third kappa shape index (κ3) is 5.17. The van der Waals surface area contributed by atoms with Gasteiger partial charge in [-0.05, 0) is 37.5 Å². The van der Waals surface area contributed by atoms with E-state index in [1.807, 2.05) is 6.92 Å². The van der Waals surface area contributed by atoms with E-state index in [2.05, 4.69) is 5.32 Å². The topological polar surface area (TPSA) is 92.8 Å². The Labute approximate surface area is 152 Å². The number of sulfonamides is 1. The van der Waals surface area contributed by atoms with Crippen LogP contribution >= 0.6 is 11.6 Å². The van der Waals surface area contributed by atoms with Gasteiger partial charge >= 0.3 is 5.97 Å². The number of amides is 1. The highest BCUT2D eigenvalue weighted by Crippen LogP contribution is 2.28. The summed E-state index contributed by atoms with van der Waals surface area (Å²) in [6.45, 7) is 2.35. The van der Waals surface area contributed by atoms with Gasteiger partial charge in [0.25, 0.3) is 5.91 Å². The van der Waals surface area contributed by atoms with Crippen molar-refractivity contribution in [3.8, 4) is 0 Å². The lowest BCUT2D eigenvalue weighted by molar-refractivity contribution is -0.147. The van der Waals surface area contributed by atoms with Crippen molar-refractivity contribution >= 4 is 39.2 Å². The number of nitrogens with one attached hydrogen (secondary N) is 1. The van der Waals surface area contributed by atoms with Crippen molar-refractivity contribution in [2.24, 2.45) is 0 Å². The van der Waals surface area contributed by atoms with E-state index in [1.165, 1.54) is 22.5 Å². The molecule has 1 heterocycles. The number of benzene rings is 1. The zero-order chi connectivity index (χ0) is 18.4. The Morgan fingerprint density at radius 3 is 2.60 bits per heavy atom. The minimum Gasteiger partial charge on any atom is -0.456 e. The van der Waals surface area contributed by atoms with Crippen LogP contribution in [0.2, 0.25) is 5.02 Å². The lowest BCUT2D eigenvalue weighted by atomic mass is 10.3. The number of nitrogens with zero attached hydrogens (tertiary/aromatic N) is 1. The van der Waals surface area contributed by atoms with Gasteiger partial charge in [-0.1, -0.05) is 18.5 Å². The lowest BCUT2D eigenvalue weighted by Crippen LogP contribution is -2.28. The minimum atomic E-state index is -3.61. The normalized spacial score (nSPS) is 15.1. The standard InChI is InChI=1S/C16H21ClN2O5S/c1-2-5-16(21)24-11-15(20)18-14-10-12(6-7-13(14)17)25(22,23)19-8-3-4-9-19/h6-7,10H,2-5,8-9,11H2,1H3,(H,18,20). The number of rotatable bonds is 7. The molecule has 1 aromatic carbocycles. The van der Waals surface area contributed by atoms with Crippen molar-refractivity contribution < 1.29 is 22.7 Å².